The second kappa shape index (κ2) is 10.9. The number of carbonyl (C=O) groups excluding carboxylic acids is 1. The van der Waals surface area contributed by atoms with Crippen LogP contribution in [-0.4, -0.2) is 10.9 Å². The Kier molecular flexibility index (Phi) is 7.22. The van der Waals surface area contributed by atoms with E-state index in [-0.39, 0.29) is 5.91 Å². The highest BCUT2D eigenvalue weighted by Gasteiger charge is 2.21. The Hall–Kier alpha value is -3.98. The van der Waals surface area contributed by atoms with Crippen molar-refractivity contribution in [2.45, 2.75) is 19.3 Å². The number of nitrogens with one attached hydrogen (secondary N) is 1. The Balaban J connectivity index is 1.80. The number of nitrogens with zero attached hydrogens (tertiary/aromatic N) is 1. The van der Waals surface area contributed by atoms with Crippen molar-refractivity contribution >= 4 is 11.6 Å². The topological polar surface area (TPSA) is 42.0 Å². The first-order valence-corrected chi connectivity index (χ1v) is 10.9. The molecular weight excluding hydrogens is 392 g/mol. The van der Waals surface area contributed by atoms with E-state index in [1.54, 1.807) is 6.20 Å². The third-order valence-electron chi connectivity index (χ3n) is 5.34. The summed E-state index contributed by atoms with van der Waals surface area (Å²) in [5.74, 6) is -0.160. The molecule has 1 aliphatic rings. The summed E-state index contributed by atoms with van der Waals surface area (Å²) in [7, 11) is 0. The number of aromatic nitrogens is 1. The van der Waals surface area contributed by atoms with Gasteiger partial charge in [0.05, 0.1) is 11.9 Å². The first-order valence-electron chi connectivity index (χ1n) is 10.9. The first-order chi connectivity index (χ1) is 15.8. The zero-order valence-electron chi connectivity index (χ0n) is 17.9. The fourth-order valence-electron chi connectivity index (χ4n) is 3.84. The van der Waals surface area contributed by atoms with Gasteiger partial charge in [-0.15, -0.1) is 0 Å². The molecule has 158 valence electrons. The highest BCUT2D eigenvalue weighted by atomic mass is 16.1. The van der Waals surface area contributed by atoms with Gasteiger partial charge in [-0.3, -0.25) is 9.78 Å². The van der Waals surface area contributed by atoms with Crippen LogP contribution in [0.5, 0.6) is 0 Å². The predicted octanol–water partition coefficient (Wildman–Crippen LogP) is 6.74. The molecule has 0 bridgehead atoms. The first kappa shape index (κ1) is 21.3. The Labute approximate surface area is 189 Å². The Morgan fingerprint density at radius 3 is 1.81 bits per heavy atom. The molecule has 0 spiro atoms. The van der Waals surface area contributed by atoms with E-state index in [0.717, 1.165) is 41.8 Å². The lowest BCUT2D eigenvalue weighted by Gasteiger charge is -2.15. The van der Waals surface area contributed by atoms with E-state index in [2.05, 4.69) is 22.4 Å². The van der Waals surface area contributed by atoms with E-state index in [0.29, 0.717) is 5.56 Å². The van der Waals surface area contributed by atoms with Gasteiger partial charge in [0.25, 0.3) is 5.91 Å². The largest absolute Gasteiger partial charge is 0.320 e. The molecule has 2 aromatic carbocycles. The summed E-state index contributed by atoms with van der Waals surface area (Å²) >= 11 is 0. The van der Waals surface area contributed by atoms with Crippen LogP contribution in [0, 0.1) is 0 Å². The second-order valence-corrected chi connectivity index (χ2v) is 7.55. The van der Waals surface area contributed by atoms with Crippen LogP contribution >= 0.6 is 0 Å². The molecule has 0 unspecified atom stereocenters. The van der Waals surface area contributed by atoms with Crippen LogP contribution < -0.4 is 5.32 Å². The van der Waals surface area contributed by atoms with Gasteiger partial charge >= 0.3 is 0 Å². The lowest BCUT2D eigenvalue weighted by molar-refractivity contribution is 0.102. The van der Waals surface area contributed by atoms with E-state index in [9.17, 15) is 4.79 Å². The number of carbonyl (C=O) groups is 1. The number of pyridine rings is 1. The predicted molar refractivity (Wildman–Crippen MR) is 131 cm³/mol. The molecule has 1 aromatic heterocycles. The summed E-state index contributed by atoms with van der Waals surface area (Å²) in [5.41, 5.74) is 5.79. The van der Waals surface area contributed by atoms with Gasteiger partial charge in [0.1, 0.15) is 0 Å². The summed E-state index contributed by atoms with van der Waals surface area (Å²) in [4.78, 5) is 17.9. The van der Waals surface area contributed by atoms with Gasteiger partial charge in [-0.1, -0.05) is 97.1 Å². The average Bonchev–Trinajstić information content (AvgIpc) is 3.29. The van der Waals surface area contributed by atoms with Crippen LogP contribution in [0.2, 0.25) is 0 Å². The van der Waals surface area contributed by atoms with Gasteiger partial charge in [0.2, 0.25) is 0 Å². The number of anilines is 1. The Bertz CT molecular complexity index is 1170. The summed E-state index contributed by atoms with van der Waals surface area (Å²) in [5, 5.41) is 3.13. The molecule has 0 radical (unpaired) electrons. The van der Waals surface area contributed by atoms with E-state index in [1.807, 2.05) is 97.1 Å². The SMILES string of the molecule is O=C(Nc1cnc2c(c1-c1ccccccccc1)CCC2)c1ccccccccc1. The van der Waals surface area contributed by atoms with Gasteiger partial charge in [-0.25, -0.2) is 0 Å². The van der Waals surface area contributed by atoms with E-state index >= 15 is 0 Å². The number of amides is 1. The Morgan fingerprint density at radius 2 is 1.22 bits per heavy atom. The summed E-state index contributed by atoms with van der Waals surface area (Å²) in [6.07, 6.45) is 4.83. The van der Waals surface area contributed by atoms with Crippen molar-refractivity contribution in [3.05, 3.63) is 132 Å². The maximum absolute atomic E-state index is 13.2. The van der Waals surface area contributed by atoms with E-state index in [1.165, 1.54) is 5.56 Å². The fraction of sp³-hybridized carbons (Fsp3) is 0.103. The molecule has 0 saturated carbocycles. The van der Waals surface area contributed by atoms with Crippen molar-refractivity contribution < 1.29 is 4.79 Å². The molecule has 0 saturated heterocycles. The maximum atomic E-state index is 13.2. The molecule has 1 amide bonds. The van der Waals surface area contributed by atoms with Crippen LogP contribution in [0.25, 0.3) is 11.1 Å². The average molecular weight is 419 g/mol. The van der Waals surface area contributed by atoms with E-state index < -0.39 is 0 Å². The molecule has 1 heterocycles. The van der Waals surface area contributed by atoms with Crippen LogP contribution in [0.15, 0.2) is 115 Å². The van der Waals surface area contributed by atoms with Crippen molar-refractivity contribution in [2.75, 3.05) is 5.32 Å². The summed E-state index contributed by atoms with van der Waals surface area (Å²) in [6, 6.07) is 35.2. The normalized spacial score (nSPS) is 11.5. The number of aryl methyl sites for hydroxylation is 1. The van der Waals surface area contributed by atoms with Crippen LogP contribution in [0.4, 0.5) is 5.69 Å². The van der Waals surface area contributed by atoms with Gasteiger partial charge in [-0.05, 0) is 42.5 Å². The standard InChI is InChI=1S/C29H26N2O/c32-29(24-18-13-9-5-2-6-10-14-19-24)31-27-22-30-26-21-15-20-25(26)28(27)23-16-11-7-3-1-4-8-12-17-23/h1-14,16-19,22H,15,20-21H2,(H,31,32). The number of hydrogen-bond donors (Lipinski definition) is 1. The van der Waals surface area contributed by atoms with Crippen molar-refractivity contribution in [3.8, 4) is 11.1 Å². The molecular formula is C29H26N2O. The Morgan fingerprint density at radius 1 is 0.688 bits per heavy atom. The lowest BCUT2D eigenvalue weighted by Crippen LogP contribution is -2.13. The van der Waals surface area contributed by atoms with Crippen molar-refractivity contribution in [2.24, 2.45) is 0 Å². The monoisotopic (exact) mass is 418 g/mol. The summed E-state index contributed by atoms with van der Waals surface area (Å²) < 4.78 is 0. The third-order valence-corrected chi connectivity index (χ3v) is 5.34. The van der Waals surface area contributed by atoms with Gasteiger partial charge < -0.3 is 5.32 Å². The van der Waals surface area contributed by atoms with Gasteiger partial charge in [-0.2, -0.15) is 0 Å². The molecule has 0 atom stereocenters. The van der Waals surface area contributed by atoms with Crippen molar-refractivity contribution in [3.63, 3.8) is 0 Å². The molecule has 1 N–H and O–H groups in total. The molecule has 32 heavy (non-hydrogen) atoms. The minimum absolute atomic E-state index is 0.160. The molecule has 4 rings (SSSR count). The van der Waals surface area contributed by atoms with Crippen molar-refractivity contribution in [1.29, 1.82) is 0 Å². The van der Waals surface area contributed by atoms with E-state index in [4.69, 9.17) is 0 Å². The van der Waals surface area contributed by atoms with Crippen LogP contribution in [0.3, 0.4) is 0 Å². The molecule has 3 nitrogen and oxygen atoms in total. The molecule has 0 fully saturated rings. The molecule has 0 aliphatic heterocycles. The third kappa shape index (κ3) is 5.38. The highest BCUT2D eigenvalue weighted by Crippen LogP contribution is 2.36. The molecule has 3 aromatic rings. The maximum Gasteiger partial charge on any atom is 0.255 e. The summed E-state index contributed by atoms with van der Waals surface area (Å²) in [6.45, 7) is 0. The smallest absolute Gasteiger partial charge is 0.255 e. The number of fused-ring (bicyclic) bond motifs is 1. The minimum atomic E-state index is -0.160. The lowest BCUT2D eigenvalue weighted by atomic mass is 9.98. The van der Waals surface area contributed by atoms with Gasteiger partial charge in [0, 0.05) is 16.8 Å². The van der Waals surface area contributed by atoms with Crippen LogP contribution in [0.1, 0.15) is 28.0 Å². The fourth-order valence-corrected chi connectivity index (χ4v) is 3.84. The van der Waals surface area contributed by atoms with Gasteiger partial charge in [0.15, 0.2) is 0 Å². The molecule has 1 aliphatic carbocycles. The minimum Gasteiger partial charge on any atom is -0.320 e. The highest BCUT2D eigenvalue weighted by molar-refractivity contribution is 6.06. The zero-order chi connectivity index (χ0) is 22.0. The number of hydrogen-bond acceptors (Lipinski definition) is 2. The molecule has 3 heteroatoms. The zero-order valence-corrected chi connectivity index (χ0v) is 17.9. The quantitative estimate of drug-likeness (QED) is 0.512. The van der Waals surface area contributed by atoms with Crippen LogP contribution in [-0.2, 0) is 12.8 Å². The second-order valence-electron chi connectivity index (χ2n) is 7.55. The number of rotatable bonds is 3. The van der Waals surface area contributed by atoms with Crippen molar-refractivity contribution in [1.82, 2.24) is 4.98 Å².